The molecule has 1 aliphatic heterocycles. The van der Waals surface area contributed by atoms with Gasteiger partial charge in [0.25, 0.3) is 5.91 Å². The summed E-state index contributed by atoms with van der Waals surface area (Å²) in [5, 5.41) is 8.77. The maximum atomic E-state index is 12.5. The van der Waals surface area contributed by atoms with Gasteiger partial charge in [0.2, 0.25) is 0 Å². The first-order chi connectivity index (χ1) is 12.6. The zero-order chi connectivity index (χ0) is 20.0. The third-order valence-electron chi connectivity index (χ3n) is 3.96. The minimum atomic E-state index is -4.43. The van der Waals surface area contributed by atoms with Crippen molar-refractivity contribution in [3.05, 3.63) is 29.8 Å². The predicted molar refractivity (Wildman–Crippen MR) is 88.4 cm³/mol. The summed E-state index contributed by atoms with van der Waals surface area (Å²) in [4.78, 5) is 26.1. The van der Waals surface area contributed by atoms with Crippen LogP contribution in [-0.2, 0) is 20.5 Å². The Morgan fingerprint density at radius 3 is 2.59 bits per heavy atom. The van der Waals surface area contributed by atoms with Gasteiger partial charge in [-0.25, -0.2) is 0 Å². The Morgan fingerprint density at radius 2 is 2.00 bits per heavy atom. The van der Waals surface area contributed by atoms with E-state index in [4.69, 9.17) is 14.6 Å². The lowest BCUT2D eigenvalue weighted by Crippen LogP contribution is -2.50. The fourth-order valence-corrected chi connectivity index (χ4v) is 2.68. The number of aliphatic carboxylic acids is 1. The van der Waals surface area contributed by atoms with Gasteiger partial charge in [-0.3, -0.25) is 14.5 Å². The number of halogens is 3. The fraction of sp³-hybridized carbons (Fsp3) is 0.529. The number of alkyl halides is 3. The molecule has 0 aliphatic carbocycles. The summed E-state index contributed by atoms with van der Waals surface area (Å²) < 4.78 is 48.4. The normalized spacial score (nSPS) is 17.8. The highest BCUT2D eigenvalue weighted by Gasteiger charge is 2.30. The first-order valence-corrected chi connectivity index (χ1v) is 8.25. The van der Waals surface area contributed by atoms with Crippen molar-refractivity contribution in [2.45, 2.75) is 12.3 Å². The van der Waals surface area contributed by atoms with Crippen molar-refractivity contribution >= 4 is 11.9 Å². The van der Waals surface area contributed by atoms with Gasteiger partial charge in [0, 0.05) is 19.6 Å². The second-order valence-corrected chi connectivity index (χ2v) is 6.23. The quantitative estimate of drug-likeness (QED) is 0.757. The van der Waals surface area contributed by atoms with Gasteiger partial charge in [-0.15, -0.1) is 0 Å². The Labute approximate surface area is 154 Å². The van der Waals surface area contributed by atoms with Crippen molar-refractivity contribution < 1.29 is 37.3 Å². The Morgan fingerprint density at radius 1 is 1.33 bits per heavy atom. The van der Waals surface area contributed by atoms with Gasteiger partial charge < -0.3 is 19.5 Å². The molecule has 0 spiro atoms. The molecule has 1 aromatic carbocycles. The van der Waals surface area contributed by atoms with Gasteiger partial charge in [-0.2, -0.15) is 13.2 Å². The summed E-state index contributed by atoms with van der Waals surface area (Å²) in [6.07, 6.45) is -4.75. The number of carboxylic acids is 1. The van der Waals surface area contributed by atoms with Crippen molar-refractivity contribution in [2.75, 3.05) is 46.4 Å². The monoisotopic (exact) mass is 390 g/mol. The summed E-state index contributed by atoms with van der Waals surface area (Å²) >= 11 is 0. The Balaban J connectivity index is 1.82. The highest BCUT2D eigenvalue weighted by atomic mass is 19.4. The first kappa shape index (κ1) is 21.0. The number of nitrogens with zero attached hydrogens (tertiary/aromatic N) is 2. The van der Waals surface area contributed by atoms with E-state index in [1.54, 1.807) is 11.9 Å². The topological polar surface area (TPSA) is 79.3 Å². The second kappa shape index (κ2) is 9.05. The summed E-state index contributed by atoms with van der Waals surface area (Å²) in [7, 11) is 1.64. The zero-order valence-corrected chi connectivity index (χ0v) is 14.7. The lowest BCUT2D eigenvalue weighted by molar-refractivity contribution is -0.143. The van der Waals surface area contributed by atoms with E-state index in [2.05, 4.69) is 0 Å². The number of ether oxygens (including phenoxy) is 2. The Bertz CT molecular complexity index is 651. The number of carbonyl (C=O) groups excluding carboxylic acids is 1. The molecule has 0 unspecified atom stereocenters. The average Bonchev–Trinajstić information content (AvgIpc) is 2.58. The molecule has 1 heterocycles. The number of rotatable bonds is 7. The van der Waals surface area contributed by atoms with Crippen LogP contribution in [0.15, 0.2) is 24.3 Å². The van der Waals surface area contributed by atoms with Crippen molar-refractivity contribution in [3.8, 4) is 5.75 Å². The molecule has 0 aromatic heterocycles. The lowest BCUT2D eigenvalue weighted by atomic mass is 10.2. The zero-order valence-electron chi connectivity index (χ0n) is 14.7. The van der Waals surface area contributed by atoms with Crippen LogP contribution < -0.4 is 4.74 Å². The first-order valence-electron chi connectivity index (χ1n) is 8.25. The SMILES string of the molecule is CN(CC(=O)O)C[C@H]1CN(C(=O)COc2ccc(C(F)(F)F)cc2)CCO1. The van der Waals surface area contributed by atoms with Crippen LogP contribution in [0.5, 0.6) is 5.75 Å². The molecular formula is C17H21F3N2O5. The summed E-state index contributed by atoms with van der Waals surface area (Å²) in [5.74, 6) is -1.10. The summed E-state index contributed by atoms with van der Waals surface area (Å²) in [5.41, 5.74) is -0.789. The van der Waals surface area contributed by atoms with E-state index >= 15 is 0 Å². The number of amides is 1. The van der Waals surface area contributed by atoms with E-state index in [1.165, 1.54) is 17.0 Å². The third kappa shape index (κ3) is 6.72. The number of benzene rings is 1. The van der Waals surface area contributed by atoms with Crippen LogP contribution in [0.1, 0.15) is 5.56 Å². The van der Waals surface area contributed by atoms with Crippen LogP contribution in [0, 0.1) is 0 Å². The van der Waals surface area contributed by atoms with E-state index in [0.29, 0.717) is 26.2 Å². The number of likely N-dealkylation sites (N-methyl/N-ethyl adjacent to an activating group) is 1. The molecule has 10 heteroatoms. The highest BCUT2D eigenvalue weighted by molar-refractivity contribution is 5.78. The Hall–Kier alpha value is -2.33. The van der Waals surface area contributed by atoms with E-state index in [0.717, 1.165) is 12.1 Å². The molecule has 1 aliphatic rings. The molecule has 0 saturated carbocycles. The minimum Gasteiger partial charge on any atom is -0.484 e. The second-order valence-electron chi connectivity index (χ2n) is 6.23. The molecule has 1 atom stereocenters. The third-order valence-corrected chi connectivity index (χ3v) is 3.96. The van der Waals surface area contributed by atoms with Crippen LogP contribution in [0.4, 0.5) is 13.2 Å². The van der Waals surface area contributed by atoms with Crippen molar-refractivity contribution in [1.29, 1.82) is 0 Å². The largest absolute Gasteiger partial charge is 0.484 e. The van der Waals surface area contributed by atoms with Crippen LogP contribution in [0.2, 0.25) is 0 Å². The number of hydrogen-bond acceptors (Lipinski definition) is 5. The number of hydrogen-bond donors (Lipinski definition) is 1. The van der Waals surface area contributed by atoms with Gasteiger partial charge in [0.05, 0.1) is 24.8 Å². The van der Waals surface area contributed by atoms with Crippen LogP contribution in [0.25, 0.3) is 0 Å². The van der Waals surface area contributed by atoms with E-state index < -0.39 is 17.7 Å². The smallest absolute Gasteiger partial charge is 0.416 e. The molecule has 1 N–H and O–H groups in total. The van der Waals surface area contributed by atoms with E-state index in [-0.39, 0.29) is 30.9 Å². The molecule has 27 heavy (non-hydrogen) atoms. The van der Waals surface area contributed by atoms with Gasteiger partial charge in [-0.05, 0) is 31.3 Å². The molecule has 150 valence electrons. The molecule has 0 radical (unpaired) electrons. The van der Waals surface area contributed by atoms with Gasteiger partial charge in [-0.1, -0.05) is 0 Å². The van der Waals surface area contributed by atoms with Gasteiger partial charge in [0.1, 0.15) is 5.75 Å². The molecular weight excluding hydrogens is 369 g/mol. The minimum absolute atomic E-state index is 0.134. The molecule has 1 fully saturated rings. The number of carbonyl (C=O) groups is 2. The summed E-state index contributed by atoms with van der Waals surface area (Å²) in [6.45, 7) is 0.898. The van der Waals surface area contributed by atoms with Gasteiger partial charge in [0.15, 0.2) is 6.61 Å². The molecule has 0 bridgehead atoms. The number of carboxylic acid groups (broad SMARTS) is 1. The average molecular weight is 390 g/mol. The standard InChI is InChI=1S/C17H21F3N2O5/c1-21(10-16(24)25)8-14-9-22(6-7-26-14)15(23)11-27-13-4-2-12(3-5-13)17(18,19)20/h2-5,14H,6-11H2,1H3,(H,24,25)/t14-/m0/s1. The lowest BCUT2D eigenvalue weighted by Gasteiger charge is -2.34. The molecule has 7 nitrogen and oxygen atoms in total. The number of morpholine rings is 1. The maximum absolute atomic E-state index is 12.5. The fourth-order valence-electron chi connectivity index (χ4n) is 2.68. The highest BCUT2D eigenvalue weighted by Crippen LogP contribution is 2.30. The maximum Gasteiger partial charge on any atom is 0.416 e. The van der Waals surface area contributed by atoms with Crippen molar-refractivity contribution in [3.63, 3.8) is 0 Å². The summed E-state index contributed by atoms with van der Waals surface area (Å²) in [6, 6.07) is 4.11. The van der Waals surface area contributed by atoms with Crippen LogP contribution >= 0.6 is 0 Å². The van der Waals surface area contributed by atoms with Crippen molar-refractivity contribution in [1.82, 2.24) is 9.80 Å². The predicted octanol–water partition coefficient (Wildman–Crippen LogP) is 1.33. The molecule has 2 rings (SSSR count). The molecule has 1 saturated heterocycles. The van der Waals surface area contributed by atoms with Crippen molar-refractivity contribution in [2.24, 2.45) is 0 Å². The van der Waals surface area contributed by atoms with Crippen LogP contribution in [0.3, 0.4) is 0 Å². The van der Waals surface area contributed by atoms with Crippen LogP contribution in [-0.4, -0.2) is 79.3 Å². The van der Waals surface area contributed by atoms with E-state index in [9.17, 15) is 22.8 Å². The Kier molecular flexibility index (Phi) is 7.03. The van der Waals surface area contributed by atoms with Gasteiger partial charge >= 0.3 is 12.1 Å². The van der Waals surface area contributed by atoms with E-state index in [1.807, 2.05) is 0 Å². The molecule has 1 amide bonds. The molecule has 1 aromatic rings.